The summed E-state index contributed by atoms with van der Waals surface area (Å²) >= 11 is 6.74. The minimum absolute atomic E-state index is 0.140. The van der Waals surface area contributed by atoms with Gasteiger partial charge in [-0.15, -0.1) is 12.6 Å². The second-order valence-corrected chi connectivity index (χ2v) is 3.80. The molecule has 1 aromatic carbocycles. The summed E-state index contributed by atoms with van der Waals surface area (Å²) in [5, 5.41) is 0. The Hall–Kier alpha value is -0.360. The zero-order valence-corrected chi connectivity index (χ0v) is 9.50. The molecule has 6 heteroatoms. The quantitative estimate of drug-likeness (QED) is 0.774. The number of alkyl halides is 3. The van der Waals surface area contributed by atoms with E-state index in [9.17, 15) is 13.2 Å². The number of hydrogen-bond acceptors (Lipinski definition) is 2. The molecule has 0 saturated carbocycles. The number of ether oxygens (including phenoxy) is 1. The predicted molar refractivity (Wildman–Crippen MR) is 52.9 cm³/mol. The van der Waals surface area contributed by atoms with Crippen LogP contribution in [0.5, 0.6) is 5.75 Å². The standard InChI is InChI=1S/C8H6BrF3OS/c1-13-4-2-5(8(10,11)12)7(14)6(9)3-4/h2-3,14H,1H3. The Kier molecular flexibility index (Phi) is 3.36. The Balaban J connectivity index is 3.35. The molecule has 0 aromatic heterocycles. The van der Waals surface area contributed by atoms with Gasteiger partial charge in [-0.25, -0.2) is 0 Å². The lowest BCUT2D eigenvalue weighted by molar-refractivity contribution is -0.139. The van der Waals surface area contributed by atoms with E-state index in [1.807, 2.05) is 0 Å². The number of benzene rings is 1. The van der Waals surface area contributed by atoms with E-state index in [4.69, 9.17) is 4.74 Å². The Labute approximate surface area is 92.8 Å². The van der Waals surface area contributed by atoms with Crippen LogP contribution >= 0.6 is 28.6 Å². The van der Waals surface area contributed by atoms with Crippen molar-refractivity contribution in [1.82, 2.24) is 0 Å². The molecule has 0 aliphatic rings. The summed E-state index contributed by atoms with van der Waals surface area (Å²) in [6, 6.07) is 2.34. The van der Waals surface area contributed by atoms with Gasteiger partial charge in [0.15, 0.2) is 0 Å². The van der Waals surface area contributed by atoms with Gasteiger partial charge in [0.05, 0.1) is 12.7 Å². The van der Waals surface area contributed by atoms with Crippen LogP contribution in [0.2, 0.25) is 0 Å². The SMILES string of the molecule is COc1cc(Br)c(S)c(C(F)(F)F)c1. The molecule has 0 spiro atoms. The van der Waals surface area contributed by atoms with Gasteiger partial charge >= 0.3 is 6.18 Å². The fourth-order valence-electron chi connectivity index (χ4n) is 0.908. The number of thiol groups is 1. The Morgan fingerprint density at radius 2 is 1.93 bits per heavy atom. The van der Waals surface area contributed by atoms with Crippen LogP contribution < -0.4 is 4.74 Å². The van der Waals surface area contributed by atoms with Crippen LogP contribution in [0.25, 0.3) is 0 Å². The number of hydrogen-bond donors (Lipinski definition) is 1. The van der Waals surface area contributed by atoms with E-state index >= 15 is 0 Å². The van der Waals surface area contributed by atoms with Crippen molar-refractivity contribution in [1.29, 1.82) is 0 Å². The molecule has 0 unspecified atom stereocenters. The highest BCUT2D eigenvalue weighted by Crippen LogP contribution is 2.39. The molecule has 78 valence electrons. The number of halogens is 4. The maximum absolute atomic E-state index is 12.4. The van der Waals surface area contributed by atoms with Gasteiger partial charge in [-0.1, -0.05) is 0 Å². The van der Waals surface area contributed by atoms with E-state index < -0.39 is 11.7 Å². The van der Waals surface area contributed by atoms with Crippen molar-refractivity contribution in [2.75, 3.05) is 7.11 Å². The first-order valence-electron chi connectivity index (χ1n) is 3.50. The fraction of sp³-hybridized carbons (Fsp3) is 0.250. The normalized spacial score (nSPS) is 11.6. The Bertz CT molecular complexity index is 351. The van der Waals surface area contributed by atoms with Crippen LogP contribution in [0.15, 0.2) is 21.5 Å². The molecule has 0 fully saturated rings. The third kappa shape index (κ3) is 2.36. The summed E-state index contributed by atoms with van der Waals surface area (Å²) in [5.74, 6) is 0.141. The lowest BCUT2D eigenvalue weighted by Crippen LogP contribution is -2.07. The van der Waals surface area contributed by atoms with Crippen molar-refractivity contribution in [3.05, 3.63) is 22.2 Å². The van der Waals surface area contributed by atoms with Crippen molar-refractivity contribution >= 4 is 28.6 Å². The lowest BCUT2D eigenvalue weighted by atomic mass is 10.2. The third-order valence-corrected chi connectivity index (χ3v) is 2.99. The molecule has 0 saturated heterocycles. The summed E-state index contributed by atoms with van der Waals surface area (Å²) in [6.45, 7) is 0. The first kappa shape index (κ1) is 11.7. The summed E-state index contributed by atoms with van der Waals surface area (Å²) < 4.78 is 42.2. The molecule has 0 N–H and O–H groups in total. The molecule has 1 rings (SSSR count). The highest BCUT2D eigenvalue weighted by atomic mass is 79.9. The molecule has 0 amide bonds. The van der Waals surface area contributed by atoms with Gasteiger partial charge in [0.25, 0.3) is 0 Å². The van der Waals surface area contributed by atoms with Crippen LogP contribution in [0.1, 0.15) is 5.56 Å². The minimum Gasteiger partial charge on any atom is -0.497 e. The Morgan fingerprint density at radius 3 is 2.36 bits per heavy atom. The van der Waals surface area contributed by atoms with Gasteiger partial charge < -0.3 is 4.74 Å². The Morgan fingerprint density at radius 1 is 1.36 bits per heavy atom. The molecular formula is C8H6BrF3OS. The molecule has 0 bridgehead atoms. The van der Waals surface area contributed by atoms with Crippen LogP contribution in [-0.2, 0) is 6.18 Å². The highest BCUT2D eigenvalue weighted by molar-refractivity contribution is 9.10. The van der Waals surface area contributed by atoms with Crippen LogP contribution in [0, 0.1) is 0 Å². The topological polar surface area (TPSA) is 9.23 Å². The van der Waals surface area contributed by atoms with Crippen molar-refractivity contribution in [2.24, 2.45) is 0 Å². The van der Waals surface area contributed by atoms with Gasteiger partial charge in [0, 0.05) is 9.37 Å². The maximum atomic E-state index is 12.4. The van der Waals surface area contributed by atoms with Gasteiger partial charge in [0.2, 0.25) is 0 Å². The molecule has 0 radical (unpaired) electrons. The van der Waals surface area contributed by atoms with Crippen molar-refractivity contribution < 1.29 is 17.9 Å². The van der Waals surface area contributed by atoms with E-state index in [1.54, 1.807) is 0 Å². The van der Waals surface area contributed by atoms with E-state index in [-0.39, 0.29) is 15.1 Å². The second-order valence-electron chi connectivity index (χ2n) is 2.50. The molecule has 1 aromatic rings. The van der Waals surface area contributed by atoms with Crippen molar-refractivity contribution in [2.45, 2.75) is 11.1 Å². The zero-order valence-electron chi connectivity index (χ0n) is 7.02. The van der Waals surface area contributed by atoms with E-state index in [0.717, 1.165) is 6.07 Å². The lowest BCUT2D eigenvalue weighted by Gasteiger charge is -2.12. The van der Waals surface area contributed by atoms with Gasteiger partial charge in [-0.05, 0) is 28.1 Å². The maximum Gasteiger partial charge on any atom is 0.417 e. The molecule has 14 heavy (non-hydrogen) atoms. The van der Waals surface area contributed by atoms with E-state index in [1.165, 1.54) is 13.2 Å². The predicted octanol–water partition coefficient (Wildman–Crippen LogP) is 3.77. The largest absolute Gasteiger partial charge is 0.497 e. The molecular weight excluding hydrogens is 281 g/mol. The highest BCUT2D eigenvalue weighted by Gasteiger charge is 2.34. The fourth-order valence-corrected chi connectivity index (χ4v) is 1.60. The summed E-state index contributed by atoms with van der Waals surface area (Å²) in [4.78, 5) is -0.140. The van der Waals surface area contributed by atoms with Crippen LogP contribution in [-0.4, -0.2) is 7.11 Å². The zero-order chi connectivity index (χ0) is 10.9. The molecule has 0 aliphatic heterocycles. The molecule has 0 atom stereocenters. The average molecular weight is 287 g/mol. The van der Waals surface area contributed by atoms with Crippen molar-refractivity contribution in [3.8, 4) is 5.75 Å². The number of rotatable bonds is 1. The monoisotopic (exact) mass is 286 g/mol. The smallest absolute Gasteiger partial charge is 0.417 e. The third-order valence-electron chi connectivity index (χ3n) is 1.58. The van der Waals surface area contributed by atoms with E-state index in [2.05, 4.69) is 28.6 Å². The second kappa shape index (κ2) is 4.02. The average Bonchev–Trinajstić information content (AvgIpc) is 2.07. The first-order valence-corrected chi connectivity index (χ1v) is 4.74. The molecule has 1 nitrogen and oxygen atoms in total. The molecule has 0 heterocycles. The first-order chi connectivity index (χ1) is 6.36. The van der Waals surface area contributed by atoms with Gasteiger partial charge in [-0.2, -0.15) is 13.2 Å². The summed E-state index contributed by atoms with van der Waals surface area (Å²) in [7, 11) is 1.31. The van der Waals surface area contributed by atoms with Gasteiger partial charge in [-0.3, -0.25) is 0 Å². The number of methoxy groups -OCH3 is 1. The summed E-state index contributed by atoms with van der Waals surface area (Å²) in [6.07, 6.45) is -4.42. The van der Waals surface area contributed by atoms with Crippen LogP contribution in [0.3, 0.4) is 0 Å². The molecule has 0 aliphatic carbocycles. The van der Waals surface area contributed by atoms with E-state index in [0.29, 0.717) is 0 Å². The van der Waals surface area contributed by atoms with Crippen LogP contribution in [0.4, 0.5) is 13.2 Å². The van der Waals surface area contributed by atoms with Gasteiger partial charge in [0.1, 0.15) is 5.75 Å². The van der Waals surface area contributed by atoms with Crippen molar-refractivity contribution in [3.63, 3.8) is 0 Å². The summed E-state index contributed by atoms with van der Waals surface area (Å²) in [5.41, 5.74) is -0.813. The minimum atomic E-state index is -4.42.